The van der Waals surface area contributed by atoms with Crippen LogP contribution in [0, 0.1) is 0 Å². The summed E-state index contributed by atoms with van der Waals surface area (Å²) in [4.78, 5) is 27.6. The number of likely N-dealkylation sites (N-methyl/N-ethyl adjacent to an activating group) is 1. The van der Waals surface area contributed by atoms with Gasteiger partial charge in [0.2, 0.25) is 5.91 Å². The zero-order valence-corrected chi connectivity index (χ0v) is 14.7. The van der Waals surface area contributed by atoms with Crippen molar-refractivity contribution in [2.24, 2.45) is 0 Å². The highest BCUT2D eigenvalue weighted by Crippen LogP contribution is 2.24. The van der Waals surface area contributed by atoms with Gasteiger partial charge in [-0.05, 0) is 24.3 Å². The molecule has 0 saturated carbocycles. The molecule has 2 saturated heterocycles. The third kappa shape index (κ3) is 4.40. The molecule has 0 radical (unpaired) electrons. The number of ether oxygens (including phenoxy) is 1. The number of carbonyl (C=O) groups is 2. The van der Waals surface area contributed by atoms with Gasteiger partial charge in [-0.3, -0.25) is 10.2 Å². The lowest BCUT2D eigenvalue weighted by atomic mass is 10.2. The predicted octanol–water partition coefficient (Wildman–Crippen LogP) is -1.15. The van der Waals surface area contributed by atoms with Crippen LogP contribution >= 0.6 is 0 Å². The zero-order valence-electron chi connectivity index (χ0n) is 14.7. The maximum Gasteiger partial charge on any atom is 0.329 e. The Morgan fingerprint density at radius 2 is 1.92 bits per heavy atom. The van der Waals surface area contributed by atoms with Gasteiger partial charge in [0.1, 0.15) is 5.75 Å². The van der Waals surface area contributed by atoms with Gasteiger partial charge in [0.25, 0.3) is 0 Å². The number of anilines is 1. The van der Waals surface area contributed by atoms with E-state index in [1.54, 1.807) is 12.0 Å². The van der Waals surface area contributed by atoms with Crippen molar-refractivity contribution in [1.82, 2.24) is 15.8 Å². The van der Waals surface area contributed by atoms with E-state index < -0.39 is 0 Å². The fourth-order valence-corrected chi connectivity index (χ4v) is 3.18. The second-order valence-corrected chi connectivity index (χ2v) is 6.63. The van der Waals surface area contributed by atoms with Crippen molar-refractivity contribution in [3.63, 3.8) is 0 Å². The third-order valence-electron chi connectivity index (χ3n) is 4.72. The molecular formula is C17H26N5O3+. The van der Waals surface area contributed by atoms with E-state index in [4.69, 9.17) is 4.74 Å². The standard InChI is InChI=1S/C17H25N5O3/c1-20-7-9-21(10-8-20)19-17(24)18-13-11-16(23)22(12-13)14-3-5-15(25-2)6-4-14/h3-6,13H,7-12H2,1-2H3,(H2,18,19,24)/p+1/t13-/m0/s1. The summed E-state index contributed by atoms with van der Waals surface area (Å²) in [7, 11) is 3.76. The first-order chi connectivity index (χ1) is 12.0. The highest BCUT2D eigenvalue weighted by Gasteiger charge is 2.32. The van der Waals surface area contributed by atoms with Gasteiger partial charge in [-0.2, -0.15) is 0 Å². The maximum atomic E-state index is 12.3. The largest absolute Gasteiger partial charge is 0.497 e. The zero-order chi connectivity index (χ0) is 17.8. The minimum atomic E-state index is -0.242. The second kappa shape index (κ2) is 7.71. The van der Waals surface area contributed by atoms with Gasteiger partial charge in [0.05, 0.1) is 46.4 Å². The van der Waals surface area contributed by atoms with E-state index in [0.29, 0.717) is 13.0 Å². The number of benzene rings is 1. The van der Waals surface area contributed by atoms with Gasteiger partial charge in [-0.1, -0.05) is 0 Å². The van der Waals surface area contributed by atoms with Crippen LogP contribution in [0.4, 0.5) is 10.5 Å². The topological polar surface area (TPSA) is 78.3 Å². The molecule has 0 spiro atoms. The van der Waals surface area contributed by atoms with Crippen LogP contribution in [0.2, 0.25) is 0 Å². The molecule has 0 aromatic heterocycles. The second-order valence-electron chi connectivity index (χ2n) is 6.63. The van der Waals surface area contributed by atoms with E-state index in [2.05, 4.69) is 17.8 Å². The molecule has 1 aromatic carbocycles. The molecule has 0 unspecified atom stereocenters. The van der Waals surface area contributed by atoms with E-state index in [0.717, 1.165) is 37.6 Å². The van der Waals surface area contributed by atoms with Crippen LogP contribution in [-0.2, 0) is 4.79 Å². The molecule has 2 aliphatic heterocycles. The fraction of sp³-hybridized carbons (Fsp3) is 0.529. The number of hydrogen-bond donors (Lipinski definition) is 3. The molecule has 2 aliphatic rings. The summed E-state index contributed by atoms with van der Waals surface area (Å²) in [5.41, 5.74) is 3.69. The first-order valence-corrected chi connectivity index (χ1v) is 8.63. The van der Waals surface area contributed by atoms with Crippen LogP contribution < -0.4 is 25.3 Å². The summed E-state index contributed by atoms with van der Waals surface area (Å²) in [6, 6.07) is 6.93. The van der Waals surface area contributed by atoms with Crippen LogP contribution in [-0.4, -0.2) is 69.9 Å². The SMILES string of the molecule is COc1ccc(N2C[C@@H](NC(=O)NN3CC[NH+](C)CC3)CC2=O)cc1. The number of amides is 3. The van der Waals surface area contributed by atoms with Crippen LogP contribution in [0.5, 0.6) is 5.75 Å². The van der Waals surface area contributed by atoms with Crippen molar-refractivity contribution < 1.29 is 19.2 Å². The molecule has 3 N–H and O–H groups in total. The van der Waals surface area contributed by atoms with E-state index in [1.165, 1.54) is 4.90 Å². The highest BCUT2D eigenvalue weighted by atomic mass is 16.5. The van der Waals surface area contributed by atoms with E-state index >= 15 is 0 Å². The fourth-order valence-electron chi connectivity index (χ4n) is 3.18. The monoisotopic (exact) mass is 348 g/mol. The molecule has 0 aliphatic carbocycles. The van der Waals surface area contributed by atoms with Crippen molar-refractivity contribution in [2.75, 3.05) is 51.8 Å². The highest BCUT2D eigenvalue weighted by molar-refractivity contribution is 5.96. The Balaban J connectivity index is 1.50. The minimum Gasteiger partial charge on any atom is -0.497 e. The van der Waals surface area contributed by atoms with Crippen molar-refractivity contribution in [3.05, 3.63) is 24.3 Å². The Morgan fingerprint density at radius 1 is 1.24 bits per heavy atom. The number of nitrogens with one attached hydrogen (secondary N) is 3. The van der Waals surface area contributed by atoms with Crippen molar-refractivity contribution >= 4 is 17.6 Å². The quantitative estimate of drug-likeness (QED) is 0.642. The van der Waals surface area contributed by atoms with E-state index in [9.17, 15) is 9.59 Å². The molecular weight excluding hydrogens is 322 g/mol. The Bertz CT molecular complexity index is 613. The number of rotatable bonds is 4. The molecule has 2 fully saturated rings. The number of carbonyl (C=O) groups excluding carboxylic acids is 2. The Hall–Kier alpha value is -2.32. The summed E-state index contributed by atoms with van der Waals surface area (Å²) in [6.07, 6.45) is 0.312. The average Bonchev–Trinajstić information content (AvgIpc) is 2.97. The van der Waals surface area contributed by atoms with Gasteiger partial charge in [0, 0.05) is 18.7 Å². The van der Waals surface area contributed by atoms with Gasteiger partial charge >= 0.3 is 6.03 Å². The first kappa shape index (κ1) is 17.5. The average molecular weight is 348 g/mol. The van der Waals surface area contributed by atoms with Gasteiger partial charge < -0.3 is 19.9 Å². The Labute approximate surface area is 147 Å². The minimum absolute atomic E-state index is 0.0127. The van der Waals surface area contributed by atoms with E-state index in [-0.39, 0.29) is 18.0 Å². The molecule has 8 heteroatoms. The van der Waals surface area contributed by atoms with Gasteiger partial charge in [-0.15, -0.1) is 0 Å². The van der Waals surface area contributed by atoms with Crippen LogP contribution in [0.1, 0.15) is 6.42 Å². The maximum absolute atomic E-state index is 12.3. The normalized spacial score (nSPS) is 22.1. The molecule has 25 heavy (non-hydrogen) atoms. The van der Waals surface area contributed by atoms with Gasteiger partial charge in [-0.25, -0.2) is 9.80 Å². The molecule has 3 rings (SSSR count). The Morgan fingerprint density at radius 3 is 2.56 bits per heavy atom. The van der Waals surface area contributed by atoms with Crippen molar-refractivity contribution in [1.29, 1.82) is 0 Å². The molecule has 136 valence electrons. The molecule has 1 aromatic rings. The van der Waals surface area contributed by atoms with Crippen LogP contribution in [0.15, 0.2) is 24.3 Å². The first-order valence-electron chi connectivity index (χ1n) is 8.63. The molecule has 3 amide bonds. The lowest BCUT2D eigenvalue weighted by Crippen LogP contribution is -3.12. The third-order valence-corrected chi connectivity index (χ3v) is 4.72. The summed E-state index contributed by atoms with van der Waals surface area (Å²) < 4.78 is 5.14. The van der Waals surface area contributed by atoms with E-state index in [1.807, 2.05) is 29.3 Å². The number of methoxy groups -OCH3 is 1. The number of hydrazine groups is 1. The molecule has 8 nitrogen and oxygen atoms in total. The number of piperazine rings is 1. The molecule has 2 heterocycles. The lowest BCUT2D eigenvalue weighted by Gasteiger charge is -2.30. The van der Waals surface area contributed by atoms with Crippen LogP contribution in [0.25, 0.3) is 0 Å². The molecule has 1 atom stereocenters. The summed E-state index contributed by atoms with van der Waals surface area (Å²) in [6.45, 7) is 4.16. The van der Waals surface area contributed by atoms with Crippen molar-refractivity contribution in [3.8, 4) is 5.75 Å². The smallest absolute Gasteiger partial charge is 0.329 e. The van der Waals surface area contributed by atoms with Crippen LogP contribution in [0.3, 0.4) is 0 Å². The summed E-state index contributed by atoms with van der Waals surface area (Å²) in [5.74, 6) is 0.761. The predicted molar refractivity (Wildman–Crippen MR) is 93.6 cm³/mol. The Kier molecular flexibility index (Phi) is 5.40. The number of nitrogens with zero attached hydrogens (tertiary/aromatic N) is 2. The summed E-state index contributed by atoms with van der Waals surface area (Å²) in [5, 5.41) is 4.84. The lowest BCUT2D eigenvalue weighted by molar-refractivity contribution is -0.884. The molecule has 0 bridgehead atoms. The number of hydrogen-bond acceptors (Lipinski definition) is 4. The number of urea groups is 1. The number of quaternary nitrogens is 1. The van der Waals surface area contributed by atoms with Gasteiger partial charge in [0.15, 0.2) is 0 Å². The summed E-state index contributed by atoms with van der Waals surface area (Å²) >= 11 is 0. The van der Waals surface area contributed by atoms with Crippen molar-refractivity contribution in [2.45, 2.75) is 12.5 Å².